The van der Waals surface area contributed by atoms with Gasteiger partial charge in [-0.05, 0) is 5.18 Å². The number of benzene rings is 1. The molecular weight excluding hydrogens is 301 g/mol. The monoisotopic (exact) mass is 315 g/mol. The van der Waals surface area contributed by atoms with E-state index in [4.69, 9.17) is 4.74 Å². The lowest BCUT2D eigenvalue weighted by atomic mass is 10.2. The van der Waals surface area contributed by atoms with Crippen molar-refractivity contribution in [3.05, 3.63) is 28.9 Å². The molecule has 0 saturated carbocycles. The summed E-state index contributed by atoms with van der Waals surface area (Å²) in [7, 11) is -1.86. The maximum absolute atomic E-state index is 13.3. The molecule has 114 valence electrons. The van der Waals surface area contributed by atoms with Crippen LogP contribution in [0.5, 0.6) is 5.75 Å². The zero-order valence-electron chi connectivity index (χ0n) is 11.3. The van der Waals surface area contributed by atoms with Gasteiger partial charge in [0.15, 0.2) is 0 Å². The molecule has 0 radical (unpaired) electrons. The number of hydrogen-bond acceptors (Lipinski definition) is 5. The summed E-state index contributed by atoms with van der Waals surface area (Å²) in [6, 6.07) is 3.37. The summed E-state index contributed by atoms with van der Waals surface area (Å²) in [5.74, 6) is -0.436. The number of halogens is 1. The molecule has 0 aromatic heterocycles. The fourth-order valence-electron chi connectivity index (χ4n) is 2.81. The van der Waals surface area contributed by atoms with E-state index in [1.807, 2.05) is 0 Å². The van der Waals surface area contributed by atoms with Crippen molar-refractivity contribution in [2.45, 2.75) is 18.6 Å². The van der Waals surface area contributed by atoms with Gasteiger partial charge in [0.25, 0.3) is 10.2 Å². The highest BCUT2D eigenvalue weighted by molar-refractivity contribution is 7.87. The van der Waals surface area contributed by atoms with Crippen molar-refractivity contribution in [3.8, 4) is 5.75 Å². The van der Waals surface area contributed by atoms with Crippen LogP contribution in [0, 0.1) is 10.7 Å². The summed E-state index contributed by atoms with van der Waals surface area (Å²) in [5, 5.41) is 2.67. The molecule has 21 heavy (non-hydrogen) atoms. The third kappa shape index (κ3) is 2.52. The Labute approximate surface area is 121 Å². The normalized spacial score (nSPS) is 28.5. The van der Waals surface area contributed by atoms with E-state index in [0.717, 1.165) is 12.1 Å². The van der Waals surface area contributed by atoms with Crippen LogP contribution < -0.4 is 4.74 Å². The van der Waals surface area contributed by atoms with Gasteiger partial charge in [-0.1, -0.05) is 0 Å². The second-order valence-electron chi connectivity index (χ2n) is 5.22. The molecule has 0 unspecified atom stereocenters. The number of fused-ring (bicyclic) bond motifs is 1. The van der Waals surface area contributed by atoms with E-state index >= 15 is 0 Å². The SMILES string of the molecule is CN1C[C@@H]2C[C@@H](Oc3cc(F)cc(N=O)c3)CN2S1(=O)=O. The second kappa shape index (κ2) is 5.00. The van der Waals surface area contributed by atoms with E-state index in [-0.39, 0.29) is 30.1 Å². The van der Waals surface area contributed by atoms with Crippen molar-refractivity contribution in [1.29, 1.82) is 0 Å². The Morgan fingerprint density at radius 3 is 2.76 bits per heavy atom. The first-order valence-corrected chi connectivity index (χ1v) is 7.83. The highest BCUT2D eigenvalue weighted by atomic mass is 32.2. The van der Waals surface area contributed by atoms with E-state index in [1.54, 1.807) is 0 Å². The molecule has 0 spiro atoms. The molecule has 2 atom stereocenters. The Kier molecular flexibility index (Phi) is 3.42. The molecule has 0 aliphatic carbocycles. The van der Waals surface area contributed by atoms with Gasteiger partial charge in [0.1, 0.15) is 23.4 Å². The van der Waals surface area contributed by atoms with Gasteiger partial charge in [0.2, 0.25) is 0 Å². The van der Waals surface area contributed by atoms with Gasteiger partial charge in [-0.2, -0.15) is 17.0 Å². The molecule has 2 aliphatic rings. The Morgan fingerprint density at radius 2 is 2.10 bits per heavy atom. The smallest absolute Gasteiger partial charge is 0.282 e. The van der Waals surface area contributed by atoms with Gasteiger partial charge in [-0.25, -0.2) is 4.39 Å². The van der Waals surface area contributed by atoms with Gasteiger partial charge in [-0.15, -0.1) is 4.91 Å². The Bertz CT molecular complexity index is 681. The van der Waals surface area contributed by atoms with Gasteiger partial charge in [0.05, 0.1) is 6.54 Å². The molecule has 3 rings (SSSR count). The third-order valence-corrected chi connectivity index (χ3v) is 5.72. The predicted octanol–water partition coefficient (Wildman–Crippen LogP) is 1.24. The minimum atomic E-state index is -3.40. The first kappa shape index (κ1) is 14.4. The van der Waals surface area contributed by atoms with E-state index in [2.05, 4.69) is 5.18 Å². The van der Waals surface area contributed by atoms with Crippen LogP contribution in [0.15, 0.2) is 23.4 Å². The van der Waals surface area contributed by atoms with Crippen molar-refractivity contribution in [1.82, 2.24) is 8.61 Å². The second-order valence-corrected chi connectivity index (χ2v) is 7.21. The Balaban J connectivity index is 1.74. The molecule has 0 N–H and O–H groups in total. The van der Waals surface area contributed by atoms with Crippen molar-refractivity contribution in [3.63, 3.8) is 0 Å². The maximum atomic E-state index is 13.3. The van der Waals surface area contributed by atoms with E-state index < -0.39 is 16.0 Å². The fourth-order valence-corrected chi connectivity index (χ4v) is 4.41. The molecule has 0 amide bonds. The average Bonchev–Trinajstić information content (AvgIpc) is 2.88. The van der Waals surface area contributed by atoms with Crippen LogP contribution in [-0.4, -0.2) is 49.3 Å². The molecule has 9 heteroatoms. The van der Waals surface area contributed by atoms with E-state index in [9.17, 15) is 17.7 Å². The van der Waals surface area contributed by atoms with Crippen LogP contribution in [0.4, 0.5) is 10.1 Å². The maximum Gasteiger partial charge on any atom is 0.282 e. The van der Waals surface area contributed by atoms with Gasteiger partial charge >= 0.3 is 0 Å². The number of nitroso groups, excluding NO2 is 1. The minimum Gasteiger partial charge on any atom is -0.489 e. The molecule has 2 fully saturated rings. The molecule has 2 heterocycles. The summed E-state index contributed by atoms with van der Waals surface area (Å²) >= 11 is 0. The van der Waals surface area contributed by atoms with Crippen molar-refractivity contribution in [2.24, 2.45) is 5.18 Å². The van der Waals surface area contributed by atoms with Crippen molar-refractivity contribution < 1.29 is 17.5 Å². The first-order valence-electron chi connectivity index (χ1n) is 6.44. The summed E-state index contributed by atoms with van der Waals surface area (Å²) in [5.41, 5.74) is -0.0594. The lowest BCUT2D eigenvalue weighted by Crippen LogP contribution is -2.33. The van der Waals surface area contributed by atoms with Gasteiger partial charge in [0, 0.05) is 44.3 Å². The van der Waals surface area contributed by atoms with Crippen molar-refractivity contribution in [2.75, 3.05) is 20.1 Å². The summed E-state index contributed by atoms with van der Waals surface area (Å²) in [6.45, 7) is 0.643. The minimum absolute atomic E-state index is 0.0594. The molecular formula is C12H14FN3O4S. The van der Waals surface area contributed by atoms with Crippen LogP contribution >= 0.6 is 0 Å². The molecule has 7 nitrogen and oxygen atoms in total. The van der Waals surface area contributed by atoms with Crippen LogP contribution in [0.25, 0.3) is 0 Å². The predicted molar refractivity (Wildman–Crippen MR) is 72.9 cm³/mol. The zero-order valence-corrected chi connectivity index (χ0v) is 12.1. The lowest BCUT2D eigenvalue weighted by Gasteiger charge is -2.17. The number of ether oxygens (including phenoxy) is 1. The molecule has 1 aromatic rings. The highest BCUT2D eigenvalue weighted by Crippen LogP contribution is 2.32. The van der Waals surface area contributed by atoms with Crippen LogP contribution in [-0.2, 0) is 10.2 Å². The molecule has 2 aliphatic heterocycles. The molecule has 0 bridgehead atoms. The Hall–Kier alpha value is -1.58. The summed E-state index contributed by atoms with van der Waals surface area (Å²) in [6.07, 6.45) is 0.170. The summed E-state index contributed by atoms with van der Waals surface area (Å²) in [4.78, 5) is 10.5. The topological polar surface area (TPSA) is 79.3 Å². The van der Waals surface area contributed by atoms with Crippen LogP contribution in [0.3, 0.4) is 0 Å². The largest absolute Gasteiger partial charge is 0.489 e. The third-order valence-electron chi connectivity index (χ3n) is 3.75. The number of rotatable bonds is 3. The fraction of sp³-hybridized carbons (Fsp3) is 0.500. The first-order chi connectivity index (χ1) is 9.90. The van der Waals surface area contributed by atoms with Crippen LogP contribution in [0.2, 0.25) is 0 Å². The number of likely N-dealkylation sites (N-methyl/N-ethyl adjacent to an activating group) is 1. The van der Waals surface area contributed by atoms with Crippen LogP contribution in [0.1, 0.15) is 6.42 Å². The zero-order chi connectivity index (χ0) is 15.2. The van der Waals surface area contributed by atoms with E-state index in [0.29, 0.717) is 13.0 Å². The van der Waals surface area contributed by atoms with E-state index in [1.165, 1.54) is 21.7 Å². The average molecular weight is 315 g/mol. The molecule has 2 saturated heterocycles. The Morgan fingerprint density at radius 1 is 1.33 bits per heavy atom. The molecule has 1 aromatic carbocycles. The standard InChI is InChI=1S/C12H14FN3O4S/c1-15-6-10-5-12(7-16(10)21(15,18)19)20-11-3-8(13)2-9(4-11)14-17/h2-4,10,12H,5-7H2,1H3/t10-,12+/m0/s1. The summed E-state index contributed by atoms with van der Waals surface area (Å²) < 4.78 is 45.6. The number of hydrogen-bond donors (Lipinski definition) is 0. The van der Waals surface area contributed by atoms with Crippen molar-refractivity contribution >= 4 is 15.9 Å². The van der Waals surface area contributed by atoms with Gasteiger partial charge < -0.3 is 4.74 Å². The quantitative estimate of drug-likeness (QED) is 0.786. The van der Waals surface area contributed by atoms with Gasteiger partial charge in [-0.3, -0.25) is 0 Å². The number of nitrogens with zero attached hydrogens (tertiary/aromatic N) is 3. The lowest BCUT2D eigenvalue weighted by molar-refractivity contribution is 0.211. The highest BCUT2D eigenvalue weighted by Gasteiger charge is 2.48.